The van der Waals surface area contributed by atoms with Crippen LogP contribution in [-0.4, -0.2) is 18.3 Å². The van der Waals surface area contributed by atoms with E-state index in [0.717, 1.165) is 19.4 Å². The molecule has 0 saturated carbocycles. The highest BCUT2D eigenvalue weighted by Gasteiger charge is 2.15. The number of aryl methyl sites for hydroxylation is 2. The Kier molecular flexibility index (Phi) is 5.97. The molecule has 2 nitrogen and oxygen atoms in total. The van der Waals surface area contributed by atoms with Gasteiger partial charge in [0.15, 0.2) is 0 Å². The van der Waals surface area contributed by atoms with Gasteiger partial charge in [0.1, 0.15) is 0 Å². The Morgan fingerprint density at radius 1 is 1.00 bits per heavy atom. The van der Waals surface area contributed by atoms with Crippen molar-refractivity contribution in [1.29, 1.82) is 0 Å². The van der Waals surface area contributed by atoms with Crippen LogP contribution in [0.3, 0.4) is 0 Å². The number of rotatable bonds is 7. The normalized spacial score (nSPS) is 12.3. The van der Waals surface area contributed by atoms with Crippen molar-refractivity contribution in [3.8, 4) is 0 Å². The molecular weight excluding hydrogens is 258 g/mol. The van der Waals surface area contributed by atoms with Crippen LogP contribution in [0.2, 0.25) is 0 Å². The third kappa shape index (κ3) is 4.42. The smallest absolute Gasteiger partial charge is 0.0579 e. The van der Waals surface area contributed by atoms with Crippen LogP contribution in [0, 0.1) is 13.8 Å². The summed E-state index contributed by atoms with van der Waals surface area (Å²) in [4.78, 5) is 0. The second kappa shape index (κ2) is 7.96. The lowest BCUT2D eigenvalue weighted by Crippen LogP contribution is -2.24. The van der Waals surface area contributed by atoms with Crippen molar-refractivity contribution in [2.75, 3.05) is 13.2 Å². The number of hydrogen-bond donors (Lipinski definition) is 2. The van der Waals surface area contributed by atoms with Crippen LogP contribution < -0.4 is 5.32 Å². The molecule has 1 unspecified atom stereocenters. The van der Waals surface area contributed by atoms with Gasteiger partial charge >= 0.3 is 0 Å². The molecule has 1 atom stereocenters. The van der Waals surface area contributed by atoms with Crippen LogP contribution in [0.1, 0.15) is 41.1 Å². The quantitative estimate of drug-likeness (QED) is 0.758. The molecule has 2 N–H and O–H groups in total. The molecule has 21 heavy (non-hydrogen) atoms. The third-order valence-corrected chi connectivity index (χ3v) is 3.81. The molecule has 2 rings (SSSR count). The molecule has 0 aliphatic rings. The molecule has 0 saturated heterocycles. The fraction of sp³-hybridized carbons (Fsp3) is 0.368. The maximum Gasteiger partial charge on any atom is 0.0579 e. The zero-order valence-corrected chi connectivity index (χ0v) is 13.0. The number of unbranched alkanes of at least 4 members (excludes halogenated alkanes) is 1. The van der Waals surface area contributed by atoms with Crippen molar-refractivity contribution in [2.45, 2.75) is 32.7 Å². The molecule has 0 amide bonds. The van der Waals surface area contributed by atoms with Crippen molar-refractivity contribution in [1.82, 2.24) is 5.32 Å². The minimum atomic E-state index is 0.213. The Labute approximate surface area is 127 Å². The molecule has 0 radical (unpaired) electrons. The molecule has 0 fully saturated rings. The average Bonchev–Trinajstić information content (AvgIpc) is 2.51. The fourth-order valence-corrected chi connectivity index (χ4v) is 2.61. The van der Waals surface area contributed by atoms with E-state index >= 15 is 0 Å². The summed E-state index contributed by atoms with van der Waals surface area (Å²) in [5.41, 5.74) is 5.22. The molecule has 2 heteroatoms. The van der Waals surface area contributed by atoms with Gasteiger partial charge in [-0.3, -0.25) is 0 Å². The predicted octanol–water partition coefficient (Wildman–Crippen LogP) is 3.75. The van der Waals surface area contributed by atoms with E-state index in [2.05, 4.69) is 67.7 Å². The SMILES string of the molecule is Cc1ccc(C)c(C(NCCCCO)c2ccccc2)c1. The van der Waals surface area contributed by atoms with Crippen molar-refractivity contribution in [3.63, 3.8) is 0 Å². The maximum atomic E-state index is 8.92. The van der Waals surface area contributed by atoms with Gasteiger partial charge in [-0.05, 0) is 49.9 Å². The van der Waals surface area contributed by atoms with Gasteiger partial charge in [0, 0.05) is 6.61 Å². The Balaban J connectivity index is 2.25. The van der Waals surface area contributed by atoms with E-state index < -0.39 is 0 Å². The zero-order valence-electron chi connectivity index (χ0n) is 13.0. The van der Waals surface area contributed by atoms with Gasteiger partial charge in [0.2, 0.25) is 0 Å². The minimum absolute atomic E-state index is 0.213. The molecule has 0 bridgehead atoms. The number of aliphatic hydroxyl groups excluding tert-OH is 1. The third-order valence-electron chi connectivity index (χ3n) is 3.81. The van der Waals surface area contributed by atoms with E-state index in [1.165, 1.54) is 22.3 Å². The number of benzene rings is 2. The number of nitrogens with one attached hydrogen (secondary N) is 1. The van der Waals surface area contributed by atoms with Gasteiger partial charge in [0.25, 0.3) is 0 Å². The lowest BCUT2D eigenvalue weighted by Gasteiger charge is -2.22. The first kappa shape index (κ1) is 15.7. The summed E-state index contributed by atoms with van der Waals surface area (Å²) in [6.07, 6.45) is 1.84. The lowest BCUT2D eigenvalue weighted by molar-refractivity contribution is 0.283. The number of aliphatic hydroxyl groups is 1. The first-order valence-corrected chi connectivity index (χ1v) is 7.68. The maximum absolute atomic E-state index is 8.92. The molecule has 2 aromatic carbocycles. The Morgan fingerprint density at radius 2 is 1.76 bits per heavy atom. The molecule has 0 aliphatic heterocycles. The summed E-state index contributed by atoms with van der Waals surface area (Å²) in [7, 11) is 0. The topological polar surface area (TPSA) is 32.3 Å². The highest BCUT2D eigenvalue weighted by Crippen LogP contribution is 2.25. The van der Waals surface area contributed by atoms with Crippen molar-refractivity contribution < 1.29 is 5.11 Å². The molecule has 0 aromatic heterocycles. The lowest BCUT2D eigenvalue weighted by atomic mass is 9.93. The molecule has 0 heterocycles. The molecular formula is C19H25NO. The van der Waals surface area contributed by atoms with E-state index in [-0.39, 0.29) is 12.6 Å². The van der Waals surface area contributed by atoms with Crippen molar-refractivity contribution >= 4 is 0 Å². The monoisotopic (exact) mass is 283 g/mol. The Morgan fingerprint density at radius 3 is 2.48 bits per heavy atom. The van der Waals surface area contributed by atoms with Crippen LogP contribution in [-0.2, 0) is 0 Å². The summed E-state index contributed by atoms with van der Waals surface area (Å²) < 4.78 is 0. The fourth-order valence-electron chi connectivity index (χ4n) is 2.61. The van der Waals surface area contributed by atoms with Crippen LogP contribution in [0.4, 0.5) is 0 Å². The molecule has 0 spiro atoms. The van der Waals surface area contributed by atoms with Gasteiger partial charge < -0.3 is 10.4 Å². The standard InChI is InChI=1S/C19H25NO/c1-15-10-11-16(2)18(14-15)19(20-12-6-7-13-21)17-8-4-3-5-9-17/h3-5,8-11,14,19-21H,6-7,12-13H2,1-2H3. The summed E-state index contributed by atoms with van der Waals surface area (Å²) in [5.74, 6) is 0. The molecule has 112 valence electrons. The van der Waals surface area contributed by atoms with E-state index in [4.69, 9.17) is 5.11 Å². The number of hydrogen-bond acceptors (Lipinski definition) is 2. The van der Waals surface area contributed by atoms with E-state index in [9.17, 15) is 0 Å². The largest absolute Gasteiger partial charge is 0.396 e. The minimum Gasteiger partial charge on any atom is -0.396 e. The summed E-state index contributed by atoms with van der Waals surface area (Å²) in [5, 5.41) is 12.6. The van der Waals surface area contributed by atoms with Gasteiger partial charge in [-0.1, -0.05) is 54.1 Å². The van der Waals surface area contributed by atoms with Gasteiger partial charge in [-0.15, -0.1) is 0 Å². The summed E-state index contributed by atoms with van der Waals surface area (Å²) >= 11 is 0. The molecule has 0 aliphatic carbocycles. The van der Waals surface area contributed by atoms with E-state index in [1.807, 2.05) is 0 Å². The second-order valence-corrected chi connectivity index (χ2v) is 5.59. The molecule has 2 aromatic rings. The highest BCUT2D eigenvalue weighted by molar-refractivity contribution is 5.39. The van der Waals surface area contributed by atoms with E-state index in [0.29, 0.717) is 0 Å². The first-order valence-electron chi connectivity index (χ1n) is 7.68. The highest BCUT2D eigenvalue weighted by atomic mass is 16.2. The van der Waals surface area contributed by atoms with Crippen LogP contribution in [0.5, 0.6) is 0 Å². The van der Waals surface area contributed by atoms with E-state index in [1.54, 1.807) is 0 Å². The van der Waals surface area contributed by atoms with Crippen LogP contribution in [0.15, 0.2) is 48.5 Å². The zero-order chi connectivity index (χ0) is 15.1. The summed E-state index contributed by atoms with van der Waals surface area (Å²) in [6.45, 7) is 5.48. The Bertz CT molecular complexity index is 551. The van der Waals surface area contributed by atoms with Crippen LogP contribution >= 0.6 is 0 Å². The summed E-state index contributed by atoms with van der Waals surface area (Å²) in [6, 6.07) is 17.4. The predicted molar refractivity (Wildman–Crippen MR) is 88.5 cm³/mol. The average molecular weight is 283 g/mol. The van der Waals surface area contributed by atoms with Gasteiger partial charge in [-0.25, -0.2) is 0 Å². The van der Waals surface area contributed by atoms with Crippen molar-refractivity contribution in [2.24, 2.45) is 0 Å². The second-order valence-electron chi connectivity index (χ2n) is 5.59. The van der Waals surface area contributed by atoms with Crippen molar-refractivity contribution in [3.05, 3.63) is 70.8 Å². The Hall–Kier alpha value is -1.64. The van der Waals surface area contributed by atoms with Gasteiger partial charge in [0.05, 0.1) is 6.04 Å². The van der Waals surface area contributed by atoms with Crippen LogP contribution in [0.25, 0.3) is 0 Å². The first-order chi connectivity index (χ1) is 10.2. The van der Waals surface area contributed by atoms with Gasteiger partial charge in [-0.2, -0.15) is 0 Å².